The van der Waals surface area contributed by atoms with Gasteiger partial charge in [-0.2, -0.15) is 0 Å². The maximum atomic E-state index is 12.5. The fraction of sp³-hybridized carbons (Fsp3) is 0. The summed E-state index contributed by atoms with van der Waals surface area (Å²) in [6, 6.07) is 10.9. The van der Waals surface area contributed by atoms with Crippen molar-refractivity contribution in [2.75, 3.05) is 4.90 Å². The third-order valence-corrected chi connectivity index (χ3v) is 4.54. The number of anilines is 1. The summed E-state index contributed by atoms with van der Waals surface area (Å²) >= 11 is 12.7. The van der Waals surface area contributed by atoms with Crippen LogP contribution in [0.2, 0.25) is 5.02 Å². The molecule has 0 bridgehead atoms. The first kappa shape index (κ1) is 14.3. The zero-order valence-corrected chi connectivity index (χ0v) is 13.1. The fourth-order valence-electron chi connectivity index (χ4n) is 1.91. The maximum absolute atomic E-state index is 12.5. The number of carbonyl (C=O) groups is 1. The van der Waals surface area contributed by atoms with Crippen LogP contribution < -0.4 is 4.90 Å². The number of carbonyl (C=O) groups excluding carboxylic acids is 1. The number of amides is 1. The molecule has 0 radical (unpaired) electrons. The van der Waals surface area contributed by atoms with Gasteiger partial charge >= 0.3 is 0 Å². The van der Waals surface area contributed by atoms with Crippen LogP contribution in [0.4, 0.5) is 5.69 Å². The Morgan fingerprint density at radius 2 is 2.05 bits per heavy atom. The Bertz CT molecular complexity index is 746. The molecule has 0 spiro atoms. The summed E-state index contributed by atoms with van der Waals surface area (Å²) in [7, 11) is 0. The van der Waals surface area contributed by atoms with Gasteiger partial charge in [-0.1, -0.05) is 53.8 Å². The van der Waals surface area contributed by atoms with Gasteiger partial charge in [-0.15, -0.1) is 0 Å². The molecule has 1 aromatic carbocycles. The van der Waals surface area contributed by atoms with E-state index in [1.165, 1.54) is 16.7 Å². The van der Waals surface area contributed by atoms with Gasteiger partial charge in [0.2, 0.25) is 0 Å². The monoisotopic (exact) mass is 332 g/mol. The summed E-state index contributed by atoms with van der Waals surface area (Å²) in [4.78, 5) is 18.6. The summed E-state index contributed by atoms with van der Waals surface area (Å²) in [6.07, 6.45) is 5.03. The largest absolute Gasteiger partial charge is 0.270 e. The molecular weight excluding hydrogens is 324 g/mol. The van der Waals surface area contributed by atoms with Crippen molar-refractivity contribution >= 4 is 57.6 Å². The highest BCUT2D eigenvalue weighted by molar-refractivity contribution is 8.27. The van der Waals surface area contributed by atoms with Crippen LogP contribution in [-0.2, 0) is 4.79 Å². The highest BCUT2D eigenvalue weighted by atomic mass is 35.5. The minimum Gasteiger partial charge on any atom is -0.268 e. The second-order valence-corrected chi connectivity index (χ2v) is 6.33. The molecule has 3 nitrogen and oxygen atoms in total. The van der Waals surface area contributed by atoms with Crippen LogP contribution in [0.25, 0.3) is 6.08 Å². The van der Waals surface area contributed by atoms with E-state index in [1.54, 1.807) is 36.7 Å². The Labute approximate surface area is 136 Å². The van der Waals surface area contributed by atoms with E-state index in [-0.39, 0.29) is 5.91 Å². The quantitative estimate of drug-likeness (QED) is 0.611. The van der Waals surface area contributed by atoms with Crippen LogP contribution in [0.3, 0.4) is 0 Å². The van der Waals surface area contributed by atoms with Gasteiger partial charge in [0.05, 0.1) is 16.8 Å². The number of nitrogens with zero attached hydrogens (tertiary/aromatic N) is 2. The van der Waals surface area contributed by atoms with Crippen LogP contribution in [0, 0.1) is 0 Å². The lowest BCUT2D eigenvalue weighted by molar-refractivity contribution is -0.113. The Balaban J connectivity index is 1.96. The van der Waals surface area contributed by atoms with Gasteiger partial charge in [-0.25, -0.2) is 0 Å². The maximum Gasteiger partial charge on any atom is 0.270 e. The fourth-order valence-corrected chi connectivity index (χ4v) is 3.39. The Kier molecular flexibility index (Phi) is 4.05. The number of hydrogen-bond donors (Lipinski definition) is 0. The predicted molar refractivity (Wildman–Crippen MR) is 91.3 cm³/mol. The van der Waals surface area contributed by atoms with Crippen molar-refractivity contribution < 1.29 is 4.79 Å². The van der Waals surface area contributed by atoms with Crippen molar-refractivity contribution in [1.82, 2.24) is 4.98 Å². The number of aromatic nitrogens is 1. The second kappa shape index (κ2) is 5.97. The highest BCUT2D eigenvalue weighted by Gasteiger charge is 2.33. The van der Waals surface area contributed by atoms with Gasteiger partial charge in [-0.05, 0) is 29.8 Å². The molecule has 0 saturated carbocycles. The van der Waals surface area contributed by atoms with Gasteiger partial charge in [-0.3, -0.25) is 14.7 Å². The van der Waals surface area contributed by atoms with Crippen LogP contribution in [-0.4, -0.2) is 15.2 Å². The number of thiocarbonyl (C=S) groups is 1. The third-order valence-electron chi connectivity index (χ3n) is 2.89. The van der Waals surface area contributed by atoms with Crippen LogP contribution in [0.15, 0.2) is 53.7 Å². The van der Waals surface area contributed by atoms with Gasteiger partial charge < -0.3 is 0 Å². The van der Waals surface area contributed by atoms with Crippen molar-refractivity contribution in [3.05, 3.63) is 64.3 Å². The summed E-state index contributed by atoms with van der Waals surface area (Å²) in [6.45, 7) is 0. The van der Waals surface area contributed by atoms with Gasteiger partial charge in [0.1, 0.15) is 0 Å². The molecule has 1 fully saturated rings. The second-order valence-electron chi connectivity index (χ2n) is 4.25. The SMILES string of the molecule is O=C1/C(=C/c2ccccc2Cl)SC(=S)N1c1cccnc1. The average Bonchev–Trinajstić information content (AvgIpc) is 2.77. The topological polar surface area (TPSA) is 33.2 Å². The van der Waals surface area contributed by atoms with Crippen molar-refractivity contribution in [1.29, 1.82) is 0 Å². The number of rotatable bonds is 2. The molecular formula is C15H9ClN2OS2. The molecule has 0 atom stereocenters. The highest BCUT2D eigenvalue weighted by Crippen LogP contribution is 2.36. The lowest BCUT2D eigenvalue weighted by Crippen LogP contribution is -2.27. The molecule has 21 heavy (non-hydrogen) atoms. The van der Waals surface area contributed by atoms with Crippen molar-refractivity contribution in [3.63, 3.8) is 0 Å². The van der Waals surface area contributed by atoms with Gasteiger partial charge in [0, 0.05) is 11.2 Å². The molecule has 1 aliphatic heterocycles. The molecule has 2 heterocycles. The number of thioether (sulfide) groups is 1. The molecule has 0 aliphatic carbocycles. The molecule has 3 rings (SSSR count). The van der Waals surface area contributed by atoms with E-state index in [1.807, 2.05) is 18.2 Å². The minimum atomic E-state index is -0.155. The molecule has 1 amide bonds. The number of hydrogen-bond acceptors (Lipinski definition) is 4. The van der Waals surface area contributed by atoms with Gasteiger partial charge in [0.15, 0.2) is 4.32 Å². The average molecular weight is 333 g/mol. The Morgan fingerprint density at radius 1 is 1.24 bits per heavy atom. The van der Waals surface area contributed by atoms with Crippen molar-refractivity contribution in [3.8, 4) is 0 Å². The van der Waals surface area contributed by atoms with E-state index in [2.05, 4.69) is 4.98 Å². The predicted octanol–water partition coefficient (Wildman–Crippen LogP) is 4.14. The first-order valence-electron chi connectivity index (χ1n) is 6.09. The summed E-state index contributed by atoms with van der Waals surface area (Å²) in [5.41, 5.74) is 1.47. The first-order chi connectivity index (χ1) is 10.2. The summed E-state index contributed by atoms with van der Waals surface area (Å²) in [5, 5.41) is 0.601. The van der Waals surface area contributed by atoms with Crippen molar-refractivity contribution in [2.45, 2.75) is 0 Å². The van der Waals surface area contributed by atoms with Crippen molar-refractivity contribution in [2.24, 2.45) is 0 Å². The number of pyridine rings is 1. The molecule has 0 N–H and O–H groups in total. The smallest absolute Gasteiger partial charge is 0.268 e. The first-order valence-corrected chi connectivity index (χ1v) is 7.69. The normalized spacial score (nSPS) is 16.8. The van der Waals surface area contributed by atoms with Gasteiger partial charge in [0.25, 0.3) is 5.91 Å². The van der Waals surface area contributed by atoms with E-state index in [0.717, 1.165) is 5.56 Å². The van der Waals surface area contributed by atoms with Crippen LogP contribution >= 0.6 is 35.6 Å². The van der Waals surface area contributed by atoms with E-state index in [4.69, 9.17) is 23.8 Å². The molecule has 6 heteroatoms. The molecule has 1 aliphatic rings. The standard InChI is InChI=1S/C15H9ClN2OS2/c16-12-6-2-1-4-10(12)8-13-14(19)18(15(20)21-13)11-5-3-7-17-9-11/h1-9H/b13-8-. The number of benzene rings is 1. The van der Waals surface area contributed by atoms with E-state index < -0.39 is 0 Å². The Hall–Kier alpha value is -1.69. The lowest BCUT2D eigenvalue weighted by atomic mass is 10.2. The third kappa shape index (κ3) is 2.85. The van der Waals surface area contributed by atoms with Crippen LogP contribution in [0.5, 0.6) is 0 Å². The molecule has 2 aromatic rings. The van der Waals surface area contributed by atoms with E-state index in [9.17, 15) is 4.79 Å². The molecule has 0 unspecified atom stereocenters. The molecule has 1 saturated heterocycles. The lowest BCUT2D eigenvalue weighted by Gasteiger charge is -2.13. The van der Waals surface area contributed by atoms with E-state index >= 15 is 0 Å². The van der Waals surface area contributed by atoms with E-state index in [0.29, 0.717) is 19.9 Å². The molecule has 1 aromatic heterocycles. The van der Waals surface area contributed by atoms with Crippen LogP contribution in [0.1, 0.15) is 5.56 Å². The zero-order valence-electron chi connectivity index (χ0n) is 10.7. The summed E-state index contributed by atoms with van der Waals surface area (Å²) < 4.78 is 0.492. The zero-order chi connectivity index (χ0) is 14.8. The minimum absolute atomic E-state index is 0.155. The number of halogens is 1. The Morgan fingerprint density at radius 3 is 2.76 bits per heavy atom. The summed E-state index contributed by atoms with van der Waals surface area (Å²) in [5.74, 6) is -0.155. The molecule has 104 valence electrons.